The summed E-state index contributed by atoms with van der Waals surface area (Å²) in [4.78, 5) is 0. The van der Waals surface area contributed by atoms with Crippen LogP contribution in [-0.4, -0.2) is 26.9 Å². The van der Waals surface area contributed by atoms with Gasteiger partial charge in [0.05, 0.1) is 21.1 Å². The van der Waals surface area contributed by atoms with Crippen LogP contribution in [0.5, 0.6) is 0 Å². The summed E-state index contributed by atoms with van der Waals surface area (Å²) in [7, 11) is -3.71. The predicted octanol–water partition coefficient (Wildman–Crippen LogP) is 2.49. The van der Waals surface area contributed by atoms with Crippen LogP contribution in [0.3, 0.4) is 0 Å². The third kappa shape index (κ3) is 3.76. The largest absolute Gasteiger partial charge is 0.377 e. The normalized spacial score (nSPS) is 19.6. The van der Waals surface area contributed by atoms with E-state index in [1.165, 1.54) is 22.6 Å². The van der Waals surface area contributed by atoms with Gasteiger partial charge >= 0.3 is 0 Å². The molecule has 0 saturated carbocycles. The molecule has 8 heteroatoms. The van der Waals surface area contributed by atoms with Gasteiger partial charge in [0.25, 0.3) is 0 Å². The second-order valence-electron chi connectivity index (χ2n) is 4.24. The zero-order valence-electron chi connectivity index (χ0n) is 9.83. The Kier molecular flexibility index (Phi) is 4.62. The van der Waals surface area contributed by atoms with Crippen molar-refractivity contribution in [2.24, 2.45) is 0 Å². The molecule has 1 aromatic rings. The van der Waals surface area contributed by atoms with E-state index < -0.39 is 21.7 Å². The van der Waals surface area contributed by atoms with Crippen LogP contribution in [0.15, 0.2) is 12.1 Å². The summed E-state index contributed by atoms with van der Waals surface area (Å²) in [5, 5.41) is 0. The highest BCUT2D eigenvalue weighted by Gasteiger charge is 2.24. The molecule has 0 aromatic heterocycles. The Morgan fingerprint density at radius 1 is 1.42 bits per heavy atom. The number of hydrogen-bond donors (Lipinski definition) is 1. The summed E-state index contributed by atoms with van der Waals surface area (Å²) in [5.74, 6) is -1.85. The molecule has 2 rings (SSSR count). The van der Waals surface area contributed by atoms with Crippen molar-refractivity contribution >= 4 is 38.3 Å². The first kappa shape index (κ1) is 14.9. The lowest BCUT2D eigenvalue weighted by Crippen LogP contribution is -2.26. The fourth-order valence-corrected chi connectivity index (χ4v) is 3.63. The quantitative estimate of drug-likeness (QED) is 0.621. The van der Waals surface area contributed by atoms with E-state index in [0.717, 1.165) is 18.6 Å². The van der Waals surface area contributed by atoms with Crippen LogP contribution in [0.4, 0.5) is 14.5 Å². The Hall–Kier alpha value is -0.480. The van der Waals surface area contributed by atoms with Crippen molar-refractivity contribution < 1.29 is 21.9 Å². The van der Waals surface area contributed by atoms with Gasteiger partial charge in [0.15, 0.2) is 5.82 Å². The number of halogens is 3. The van der Waals surface area contributed by atoms with E-state index in [1.54, 1.807) is 0 Å². The SMILES string of the molecule is O=S(=O)(C[C@@H]1CCCO1)Nc1ccc(F)c(I)c1F. The van der Waals surface area contributed by atoms with Gasteiger partial charge in [-0.15, -0.1) is 0 Å². The Morgan fingerprint density at radius 2 is 2.16 bits per heavy atom. The fourth-order valence-electron chi connectivity index (χ4n) is 1.83. The zero-order valence-corrected chi connectivity index (χ0v) is 12.8. The molecule has 1 heterocycles. The van der Waals surface area contributed by atoms with Gasteiger partial charge in [0.1, 0.15) is 5.82 Å². The van der Waals surface area contributed by atoms with E-state index in [-0.39, 0.29) is 21.1 Å². The Labute approximate surface area is 123 Å². The maximum atomic E-state index is 13.7. The minimum atomic E-state index is -3.71. The smallest absolute Gasteiger partial charge is 0.235 e. The fraction of sp³-hybridized carbons (Fsp3) is 0.455. The first-order chi connectivity index (χ1) is 8.89. The molecule has 106 valence electrons. The van der Waals surface area contributed by atoms with Crippen LogP contribution < -0.4 is 4.72 Å². The summed E-state index contributed by atoms with van der Waals surface area (Å²) < 4.78 is 57.6. The van der Waals surface area contributed by atoms with E-state index >= 15 is 0 Å². The summed E-state index contributed by atoms with van der Waals surface area (Å²) in [6.45, 7) is 0.545. The van der Waals surface area contributed by atoms with Crippen molar-refractivity contribution in [3.05, 3.63) is 27.3 Å². The zero-order chi connectivity index (χ0) is 14.0. The first-order valence-electron chi connectivity index (χ1n) is 5.64. The van der Waals surface area contributed by atoms with Gasteiger partial charge in [0.2, 0.25) is 10.0 Å². The second-order valence-corrected chi connectivity index (χ2v) is 7.09. The number of rotatable bonds is 4. The topological polar surface area (TPSA) is 55.4 Å². The van der Waals surface area contributed by atoms with E-state index in [0.29, 0.717) is 13.0 Å². The minimum absolute atomic E-state index is 0.222. The van der Waals surface area contributed by atoms with Gasteiger partial charge in [-0.3, -0.25) is 4.72 Å². The number of nitrogens with one attached hydrogen (secondary N) is 1. The highest BCUT2D eigenvalue weighted by molar-refractivity contribution is 14.1. The van der Waals surface area contributed by atoms with E-state index in [4.69, 9.17) is 4.74 Å². The molecule has 1 saturated heterocycles. The Morgan fingerprint density at radius 3 is 2.79 bits per heavy atom. The lowest BCUT2D eigenvalue weighted by molar-refractivity contribution is 0.127. The molecule has 0 amide bonds. The van der Waals surface area contributed by atoms with Gasteiger partial charge in [-0.2, -0.15) is 0 Å². The van der Waals surface area contributed by atoms with Gasteiger partial charge in [-0.25, -0.2) is 17.2 Å². The van der Waals surface area contributed by atoms with Crippen molar-refractivity contribution in [1.82, 2.24) is 0 Å². The molecule has 1 aliphatic rings. The first-order valence-corrected chi connectivity index (χ1v) is 8.38. The minimum Gasteiger partial charge on any atom is -0.377 e. The Balaban J connectivity index is 2.13. The van der Waals surface area contributed by atoms with Crippen molar-refractivity contribution in [1.29, 1.82) is 0 Å². The van der Waals surface area contributed by atoms with Crippen LogP contribution in [0.2, 0.25) is 0 Å². The van der Waals surface area contributed by atoms with Crippen LogP contribution >= 0.6 is 22.6 Å². The number of anilines is 1. The third-order valence-electron chi connectivity index (χ3n) is 2.73. The highest BCUT2D eigenvalue weighted by Crippen LogP contribution is 2.24. The average Bonchev–Trinajstić information content (AvgIpc) is 2.82. The summed E-state index contributed by atoms with van der Waals surface area (Å²) in [6, 6.07) is 2.09. The molecule has 1 aliphatic heterocycles. The second kappa shape index (κ2) is 5.88. The molecule has 4 nitrogen and oxygen atoms in total. The van der Waals surface area contributed by atoms with Crippen LogP contribution in [0.25, 0.3) is 0 Å². The molecule has 0 unspecified atom stereocenters. The van der Waals surface area contributed by atoms with Gasteiger partial charge in [-0.05, 0) is 47.6 Å². The molecule has 0 aliphatic carbocycles. The molecule has 19 heavy (non-hydrogen) atoms. The summed E-state index contributed by atoms with van der Waals surface area (Å²) in [6.07, 6.45) is 1.13. The average molecular weight is 403 g/mol. The van der Waals surface area contributed by atoms with E-state index in [9.17, 15) is 17.2 Å². The lowest BCUT2D eigenvalue weighted by atomic mass is 10.3. The van der Waals surface area contributed by atoms with Crippen molar-refractivity contribution in [3.63, 3.8) is 0 Å². The van der Waals surface area contributed by atoms with Gasteiger partial charge in [0, 0.05) is 6.61 Å². The molecule has 0 radical (unpaired) electrons. The van der Waals surface area contributed by atoms with Crippen LogP contribution in [0.1, 0.15) is 12.8 Å². The predicted molar refractivity (Wildman–Crippen MR) is 75.5 cm³/mol. The summed E-state index contributed by atoms with van der Waals surface area (Å²) >= 11 is 1.49. The van der Waals surface area contributed by atoms with Crippen molar-refractivity contribution in [2.75, 3.05) is 17.1 Å². The maximum Gasteiger partial charge on any atom is 0.235 e. The molecule has 1 atom stereocenters. The molecular formula is C11H12F2INO3S. The standard InChI is InChI=1S/C11H12F2INO3S/c12-8-3-4-9(10(13)11(8)14)15-19(16,17)6-7-2-1-5-18-7/h3-4,7,15H,1-2,5-6H2/t7-/m0/s1. The Bertz CT molecular complexity index is 574. The third-order valence-corrected chi connectivity index (χ3v) is 5.06. The van der Waals surface area contributed by atoms with Crippen molar-refractivity contribution in [2.45, 2.75) is 18.9 Å². The molecular weight excluding hydrogens is 391 g/mol. The number of benzene rings is 1. The summed E-state index contributed by atoms with van der Waals surface area (Å²) in [5.41, 5.74) is -0.246. The van der Waals surface area contributed by atoms with Gasteiger partial charge in [-0.1, -0.05) is 0 Å². The van der Waals surface area contributed by atoms with Crippen LogP contribution in [0, 0.1) is 15.2 Å². The molecule has 1 fully saturated rings. The van der Waals surface area contributed by atoms with Gasteiger partial charge < -0.3 is 4.74 Å². The molecule has 1 N–H and O–H groups in total. The molecule has 0 bridgehead atoms. The van der Waals surface area contributed by atoms with E-state index in [1.807, 2.05) is 0 Å². The highest BCUT2D eigenvalue weighted by atomic mass is 127. The monoisotopic (exact) mass is 403 g/mol. The van der Waals surface area contributed by atoms with Crippen LogP contribution in [-0.2, 0) is 14.8 Å². The molecule has 0 spiro atoms. The number of hydrogen-bond acceptors (Lipinski definition) is 3. The van der Waals surface area contributed by atoms with Crippen molar-refractivity contribution in [3.8, 4) is 0 Å². The lowest BCUT2D eigenvalue weighted by Gasteiger charge is -2.13. The number of ether oxygens (including phenoxy) is 1. The molecule has 1 aromatic carbocycles. The number of sulfonamides is 1. The maximum absolute atomic E-state index is 13.7. The van der Waals surface area contributed by atoms with E-state index in [2.05, 4.69) is 4.72 Å².